The number of hydrogen-bond acceptors (Lipinski definition) is 6. The lowest BCUT2D eigenvalue weighted by Gasteiger charge is -2.14. The summed E-state index contributed by atoms with van der Waals surface area (Å²) in [6, 6.07) is 10.6. The van der Waals surface area contributed by atoms with Crippen molar-refractivity contribution < 1.29 is 32.0 Å². The molecule has 0 aliphatic rings. The molecule has 0 heterocycles. The molecule has 0 radical (unpaired) electrons. The van der Waals surface area contributed by atoms with Gasteiger partial charge in [-0.25, -0.2) is 12.8 Å². The number of ether oxygens (including phenoxy) is 1. The van der Waals surface area contributed by atoms with Gasteiger partial charge in [0.1, 0.15) is 0 Å². The third-order valence-electron chi connectivity index (χ3n) is 3.52. The second-order valence-electron chi connectivity index (χ2n) is 5.34. The van der Waals surface area contributed by atoms with Gasteiger partial charge in [0, 0.05) is 12.6 Å². The van der Waals surface area contributed by atoms with Crippen LogP contribution in [0.2, 0.25) is 0 Å². The highest BCUT2D eigenvalue weighted by Gasteiger charge is 2.21. The number of benzene rings is 2. The minimum atomic E-state index is -3.83. The summed E-state index contributed by atoms with van der Waals surface area (Å²) >= 11 is 0. The summed E-state index contributed by atoms with van der Waals surface area (Å²) in [6.45, 7) is -0.512. The second kappa shape index (κ2) is 9.26. The van der Waals surface area contributed by atoms with E-state index in [9.17, 15) is 22.4 Å². The van der Waals surface area contributed by atoms with Crippen molar-refractivity contribution in [2.24, 2.45) is 0 Å². The van der Waals surface area contributed by atoms with Crippen LogP contribution in [0.5, 0.6) is 5.75 Å². The number of hydrogen-bond donors (Lipinski definition) is 2. The molecule has 2 amide bonds. The van der Waals surface area contributed by atoms with Crippen LogP contribution in [0.3, 0.4) is 0 Å². The molecule has 11 heteroatoms. The molecule has 0 spiro atoms. The molecule has 0 saturated heterocycles. The molecule has 0 atom stereocenters. The lowest BCUT2D eigenvalue weighted by molar-refractivity contribution is -0.123. The van der Waals surface area contributed by atoms with Crippen LogP contribution in [0.1, 0.15) is 10.4 Å². The maximum absolute atomic E-state index is 13.4. The van der Waals surface area contributed by atoms with Crippen molar-refractivity contribution in [3.05, 3.63) is 59.9 Å². The van der Waals surface area contributed by atoms with Crippen molar-refractivity contribution in [1.82, 2.24) is 15.3 Å². The van der Waals surface area contributed by atoms with Gasteiger partial charge >= 0.3 is 0 Å². The zero-order valence-electron chi connectivity index (χ0n) is 15.0. The zero-order valence-corrected chi connectivity index (χ0v) is 15.8. The number of hydroxylamine groups is 1. The maximum atomic E-state index is 13.4. The Bertz CT molecular complexity index is 950. The second-order valence-corrected chi connectivity index (χ2v) is 7.28. The van der Waals surface area contributed by atoms with E-state index in [1.807, 2.05) is 0 Å². The average molecular weight is 411 g/mol. The Morgan fingerprint density at radius 1 is 1.07 bits per heavy atom. The highest BCUT2D eigenvalue weighted by molar-refractivity contribution is 7.89. The lowest BCUT2D eigenvalue weighted by atomic mass is 10.2. The molecule has 9 nitrogen and oxygen atoms in total. The molecule has 0 fully saturated rings. The summed E-state index contributed by atoms with van der Waals surface area (Å²) in [6.07, 6.45) is 0. The van der Waals surface area contributed by atoms with Gasteiger partial charge in [-0.05, 0) is 36.4 Å². The number of hydrazine groups is 1. The number of carbonyl (C=O) groups is 2. The van der Waals surface area contributed by atoms with Crippen molar-refractivity contribution in [2.45, 2.75) is 4.90 Å². The van der Waals surface area contributed by atoms with Crippen LogP contribution >= 0.6 is 0 Å². The number of rotatable bonds is 7. The summed E-state index contributed by atoms with van der Waals surface area (Å²) in [5, 5.41) is 0. The van der Waals surface area contributed by atoms with Gasteiger partial charge in [-0.3, -0.25) is 25.3 Å². The van der Waals surface area contributed by atoms with Crippen molar-refractivity contribution in [1.29, 1.82) is 0 Å². The Balaban J connectivity index is 1.89. The molecule has 0 aromatic heterocycles. The first kappa shape index (κ1) is 21.3. The Morgan fingerprint density at radius 2 is 1.71 bits per heavy atom. The lowest BCUT2D eigenvalue weighted by Crippen LogP contribution is -2.43. The third kappa shape index (κ3) is 5.25. The number of amides is 2. The van der Waals surface area contributed by atoms with E-state index in [1.165, 1.54) is 56.6 Å². The van der Waals surface area contributed by atoms with Gasteiger partial charge in [0.05, 0.1) is 12.0 Å². The summed E-state index contributed by atoms with van der Waals surface area (Å²) in [5.41, 5.74) is 4.36. The summed E-state index contributed by atoms with van der Waals surface area (Å²) < 4.78 is 43.2. The van der Waals surface area contributed by atoms with Gasteiger partial charge in [0.2, 0.25) is 0 Å². The van der Waals surface area contributed by atoms with E-state index in [1.54, 1.807) is 6.07 Å². The molecule has 0 unspecified atom stereocenters. The van der Waals surface area contributed by atoms with E-state index in [2.05, 4.69) is 15.7 Å². The first-order valence-electron chi connectivity index (χ1n) is 7.85. The normalized spacial score (nSPS) is 11.1. The number of sulfonamides is 1. The molecule has 0 saturated carbocycles. The summed E-state index contributed by atoms with van der Waals surface area (Å²) in [5.74, 6) is -2.10. The van der Waals surface area contributed by atoms with Gasteiger partial charge in [0.25, 0.3) is 21.8 Å². The number of nitrogens with zero attached hydrogens (tertiary/aromatic N) is 1. The predicted octanol–water partition coefficient (Wildman–Crippen LogP) is 0.848. The summed E-state index contributed by atoms with van der Waals surface area (Å²) in [4.78, 5) is 28.3. The van der Waals surface area contributed by atoms with E-state index in [4.69, 9.17) is 4.74 Å². The molecular weight excluding hydrogens is 393 g/mol. The van der Waals surface area contributed by atoms with Crippen LogP contribution in [-0.4, -0.2) is 45.5 Å². The smallest absolute Gasteiger partial charge is 0.276 e. The van der Waals surface area contributed by atoms with E-state index < -0.39 is 34.3 Å². The fourth-order valence-corrected chi connectivity index (χ4v) is 2.94. The monoisotopic (exact) mass is 411 g/mol. The number of halogens is 1. The van der Waals surface area contributed by atoms with E-state index in [-0.39, 0.29) is 16.2 Å². The minimum Gasteiger partial charge on any atom is -0.481 e. The molecule has 0 aliphatic heterocycles. The topological polar surface area (TPSA) is 114 Å². The molecule has 2 N–H and O–H groups in total. The van der Waals surface area contributed by atoms with Crippen molar-refractivity contribution in [3.63, 3.8) is 0 Å². The Morgan fingerprint density at radius 3 is 2.32 bits per heavy atom. The highest BCUT2D eigenvalue weighted by Crippen LogP contribution is 2.16. The van der Waals surface area contributed by atoms with Crippen LogP contribution in [0.25, 0.3) is 0 Å². The molecule has 28 heavy (non-hydrogen) atoms. The van der Waals surface area contributed by atoms with Crippen LogP contribution in [-0.2, 0) is 19.7 Å². The van der Waals surface area contributed by atoms with Crippen LogP contribution in [0.4, 0.5) is 4.39 Å². The molecular formula is C17H18FN3O6S. The van der Waals surface area contributed by atoms with Gasteiger partial charge in [-0.15, -0.1) is 0 Å². The fourth-order valence-electron chi connectivity index (χ4n) is 1.96. The first-order valence-corrected chi connectivity index (χ1v) is 9.29. The standard InChI is InChI=1S/C17H18FN3O6S/c1-21(26-2)28(24,25)13-9-7-12(8-10-13)17(23)20-19-16(22)11-27-15-6-4-3-5-14(15)18/h3-10H,11H2,1-2H3,(H,19,22)(H,20,23). The maximum Gasteiger partial charge on any atom is 0.276 e. The molecule has 0 aliphatic carbocycles. The van der Waals surface area contributed by atoms with E-state index >= 15 is 0 Å². The quantitative estimate of drug-likeness (QED) is 0.653. The number of nitrogens with one attached hydrogen (secondary N) is 2. The number of para-hydroxylation sites is 1. The SMILES string of the molecule is CON(C)S(=O)(=O)c1ccc(C(=O)NNC(=O)COc2ccccc2F)cc1. The highest BCUT2D eigenvalue weighted by atomic mass is 32.2. The molecule has 2 aromatic carbocycles. The van der Waals surface area contributed by atoms with Gasteiger partial charge in [-0.1, -0.05) is 16.6 Å². The largest absolute Gasteiger partial charge is 0.481 e. The van der Waals surface area contributed by atoms with Crippen LogP contribution in [0, 0.1) is 5.82 Å². The third-order valence-corrected chi connectivity index (χ3v) is 5.21. The fraction of sp³-hybridized carbons (Fsp3) is 0.176. The molecule has 2 rings (SSSR count). The Hall–Kier alpha value is -3.02. The first-order chi connectivity index (χ1) is 13.3. The molecule has 0 bridgehead atoms. The average Bonchev–Trinajstić information content (AvgIpc) is 2.70. The Labute approximate surface area is 161 Å². The van der Waals surface area contributed by atoms with E-state index in [0.29, 0.717) is 4.47 Å². The summed E-state index contributed by atoms with van der Waals surface area (Å²) in [7, 11) is -1.39. The van der Waals surface area contributed by atoms with Crippen molar-refractivity contribution in [3.8, 4) is 5.75 Å². The van der Waals surface area contributed by atoms with Gasteiger partial charge in [0.15, 0.2) is 18.2 Å². The van der Waals surface area contributed by atoms with Crippen molar-refractivity contribution >= 4 is 21.8 Å². The van der Waals surface area contributed by atoms with Crippen LogP contribution < -0.4 is 15.6 Å². The van der Waals surface area contributed by atoms with Gasteiger partial charge in [-0.2, -0.15) is 0 Å². The Kier molecular flexibility index (Phi) is 7.04. The zero-order chi connectivity index (χ0) is 20.7. The molecule has 2 aromatic rings. The number of carbonyl (C=O) groups excluding carboxylic acids is 2. The van der Waals surface area contributed by atoms with Crippen molar-refractivity contribution in [2.75, 3.05) is 20.8 Å². The van der Waals surface area contributed by atoms with Crippen LogP contribution in [0.15, 0.2) is 53.4 Å². The molecule has 150 valence electrons. The predicted molar refractivity (Wildman–Crippen MR) is 95.9 cm³/mol. The van der Waals surface area contributed by atoms with Gasteiger partial charge < -0.3 is 4.74 Å². The van der Waals surface area contributed by atoms with E-state index in [0.717, 1.165) is 0 Å². The minimum absolute atomic E-state index is 0.0734.